The summed E-state index contributed by atoms with van der Waals surface area (Å²) in [6.45, 7) is 12.8. The molecule has 0 saturated carbocycles. The lowest BCUT2D eigenvalue weighted by atomic mass is 10.2. The van der Waals surface area contributed by atoms with Crippen molar-refractivity contribution in [1.29, 1.82) is 0 Å². The summed E-state index contributed by atoms with van der Waals surface area (Å²) in [7, 11) is 1.67. The third-order valence-electron chi connectivity index (χ3n) is 2.13. The number of ether oxygens (including phenoxy) is 1. The van der Waals surface area contributed by atoms with Crippen molar-refractivity contribution in [2.24, 2.45) is 5.92 Å². The standard InChI is InChI=1S/C13H27NO2S/c1-11(2)9-14(7-8-16-6)12(15)10-17-13(3,4)5/h11H,7-10H2,1-6H3. The van der Waals surface area contributed by atoms with Crippen molar-refractivity contribution < 1.29 is 9.53 Å². The lowest BCUT2D eigenvalue weighted by Crippen LogP contribution is -2.38. The molecule has 0 aliphatic heterocycles. The number of hydrogen-bond donors (Lipinski definition) is 0. The monoisotopic (exact) mass is 261 g/mol. The molecule has 1 amide bonds. The van der Waals surface area contributed by atoms with Gasteiger partial charge in [-0.15, -0.1) is 11.8 Å². The summed E-state index contributed by atoms with van der Waals surface area (Å²) in [6.07, 6.45) is 0. The molecule has 0 fully saturated rings. The van der Waals surface area contributed by atoms with Crippen LogP contribution in [0.25, 0.3) is 0 Å². The molecule has 0 aromatic heterocycles. The lowest BCUT2D eigenvalue weighted by molar-refractivity contribution is -0.129. The zero-order valence-corrected chi connectivity index (χ0v) is 12.9. The van der Waals surface area contributed by atoms with Crippen molar-refractivity contribution in [1.82, 2.24) is 4.90 Å². The average Bonchev–Trinajstić information content (AvgIpc) is 2.19. The summed E-state index contributed by atoms with van der Waals surface area (Å²) in [5.74, 6) is 1.27. The van der Waals surface area contributed by atoms with Gasteiger partial charge in [-0.25, -0.2) is 0 Å². The highest BCUT2D eigenvalue weighted by atomic mass is 32.2. The average molecular weight is 261 g/mol. The van der Waals surface area contributed by atoms with Crippen molar-refractivity contribution >= 4 is 17.7 Å². The van der Waals surface area contributed by atoms with E-state index in [9.17, 15) is 4.79 Å². The molecule has 0 radical (unpaired) electrons. The largest absolute Gasteiger partial charge is 0.383 e. The molecule has 3 nitrogen and oxygen atoms in total. The van der Waals surface area contributed by atoms with Crippen LogP contribution < -0.4 is 0 Å². The fourth-order valence-corrected chi connectivity index (χ4v) is 2.07. The number of carbonyl (C=O) groups excluding carboxylic acids is 1. The van der Waals surface area contributed by atoms with Gasteiger partial charge in [-0.2, -0.15) is 0 Å². The molecule has 0 aromatic carbocycles. The smallest absolute Gasteiger partial charge is 0.232 e. The molecule has 0 N–H and O–H groups in total. The molecular formula is C13H27NO2S. The second kappa shape index (κ2) is 7.98. The van der Waals surface area contributed by atoms with E-state index in [1.165, 1.54) is 0 Å². The number of methoxy groups -OCH3 is 1. The normalized spacial score (nSPS) is 11.9. The van der Waals surface area contributed by atoms with Gasteiger partial charge in [-0.3, -0.25) is 4.79 Å². The quantitative estimate of drug-likeness (QED) is 0.705. The Kier molecular flexibility index (Phi) is 7.88. The maximum absolute atomic E-state index is 12.1. The second-order valence-corrected chi connectivity index (χ2v) is 7.43. The minimum Gasteiger partial charge on any atom is -0.383 e. The van der Waals surface area contributed by atoms with Gasteiger partial charge < -0.3 is 9.64 Å². The van der Waals surface area contributed by atoms with Crippen LogP contribution in [0.1, 0.15) is 34.6 Å². The van der Waals surface area contributed by atoms with E-state index in [-0.39, 0.29) is 10.7 Å². The van der Waals surface area contributed by atoms with Crippen LogP contribution in [0, 0.1) is 5.92 Å². The van der Waals surface area contributed by atoms with E-state index in [1.54, 1.807) is 18.9 Å². The number of hydrogen-bond acceptors (Lipinski definition) is 3. The fourth-order valence-electron chi connectivity index (χ4n) is 1.33. The van der Waals surface area contributed by atoms with E-state index in [4.69, 9.17) is 4.74 Å². The number of amides is 1. The van der Waals surface area contributed by atoms with E-state index >= 15 is 0 Å². The Balaban J connectivity index is 4.21. The molecule has 0 unspecified atom stereocenters. The molecule has 17 heavy (non-hydrogen) atoms. The van der Waals surface area contributed by atoms with Gasteiger partial charge in [0.2, 0.25) is 5.91 Å². The molecule has 0 aliphatic carbocycles. The SMILES string of the molecule is COCCN(CC(C)C)C(=O)CSC(C)(C)C. The fraction of sp³-hybridized carbons (Fsp3) is 0.923. The van der Waals surface area contributed by atoms with E-state index in [2.05, 4.69) is 34.6 Å². The Morgan fingerprint density at radius 1 is 1.35 bits per heavy atom. The van der Waals surface area contributed by atoms with Crippen LogP contribution in [-0.2, 0) is 9.53 Å². The highest BCUT2D eigenvalue weighted by molar-refractivity contribution is 8.01. The minimum absolute atomic E-state index is 0.139. The van der Waals surface area contributed by atoms with Gasteiger partial charge in [0.25, 0.3) is 0 Å². The first-order valence-electron chi connectivity index (χ1n) is 6.17. The topological polar surface area (TPSA) is 29.5 Å². The lowest BCUT2D eigenvalue weighted by Gasteiger charge is -2.26. The van der Waals surface area contributed by atoms with Crippen molar-refractivity contribution in [2.75, 3.05) is 32.6 Å². The van der Waals surface area contributed by atoms with Gasteiger partial charge in [0.15, 0.2) is 0 Å². The summed E-state index contributed by atoms with van der Waals surface area (Å²) >= 11 is 1.70. The Morgan fingerprint density at radius 3 is 2.35 bits per heavy atom. The molecule has 0 atom stereocenters. The summed E-state index contributed by atoms with van der Waals surface area (Å²) in [5.41, 5.74) is 0. The summed E-state index contributed by atoms with van der Waals surface area (Å²) in [6, 6.07) is 0. The predicted molar refractivity (Wildman–Crippen MR) is 75.5 cm³/mol. The Hall–Kier alpha value is -0.220. The van der Waals surface area contributed by atoms with Crippen molar-refractivity contribution in [3.8, 4) is 0 Å². The first-order chi connectivity index (χ1) is 7.76. The number of thioether (sulfide) groups is 1. The Morgan fingerprint density at radius 2 is 1.94 bits per heavy atom. The highest BCUT2D eigenvalue weighted by Gasteiger charge is 2.18. The zero-order chi connectivity index (χ0) is 13.5. The van der Waals surface area contributed by atoms with Gasteiger partial charge >= 0.3 is 0 Å². The molecule has 0 aliphatic rings. The van der Waals surface area contributed by atoms with Gasteiger partial charge in [-0.1, -0.05) is 34.6 Å². The van der Waals surface area contributed by atoms with Crippen LogP contribution in [0.2, 0.25) is 0 Å². The van der Waals surface area contributed by atoms with E-state index < -0.39 is 0 Å². The van der Waals surface area contributed by atoms with Crippen molar-refractivity contribution in [3.63, 3.8) is 0 Å². The van der Waals surface area contributed by atoms with Crippen LogP contribution in [0.3, 0.4) is 0 Å². The molecule has 0 saturated heterocycles. The highest BCUT2D eigenvalue weighted by Crippen LogP contribution is 2.23. The molecular weight excluding hydrogens is 234 g/mol. The molecule has 0 heterocycles. The molecule has 0 spiro atoms. The Labute approximate surface area is 110 Å². The summed E-state index contributed by atoms with van der Waals surface area (Å²) < 4.78 is 5.19. The van der Waals surface area contributed by atoms with Crippen LogP contribution >= 0.6 is 11.8 Å². The van der Waals surface area contributed by atoms with Crippen LogP contribution in [0.4, 0.5) is 0 Å². The Bertz CT molecular complexity index is 224. The maximum Gasteiger partial charge on any atom is 0.232 e. The van der Waals surface area contributed by atoms with Crippen molar-refractivity contribution in [2.45, 2.75) is 39.4 Å². The van der Waals surface area contributed by atoms with Crippen molar-refractivity contribution in [3.05, 3.63) is 0 Å². The van der Waals surface area contributed by atoms with Crippen LogP contribution in [0.5, 0.6) is 0 Å². The predicted octanol–water partition coefficient (Wildman–Crippen LogP) is 2.65. The molecule has 4 heteroatoms. The van der Waals surface area contributed by atoms with E-state index in [1.807, 2.05) is 4.90 Å². The van der Waals surface area contributed by atoms with E-state index in [0.29, 0.717) is 24.8 Å². The summed E-state index contributed by atoms with van der Waals surface area (Å²) in [5, 5.41) is 0. The molecule has 0 aromatic rings. The van der Waals surface area contributed by atoms with Gasteiger partial charge in [-0.05, 0) is 5.92 Å². The minimum atomic E-state index is 0.139. The van der Waals surface area contributed by atoms with Gasteiger partial charge in [0.1, 0.15) is 0 Å². The first-order valence-corrected chi connectivity index (χ1v) is 7.15. The van der Waals surface area contributed by atoms with E-state index in [0.717, 1.165) is 6.54 Å². The molecule has 0 bridgehead atoms. The zero-order valence-electron chi connectivity index (χ0n) is 12.1. The van der Waals surface area contributed by atoms with Crippen LogP contribution in [-0.4, -0.2) is 48.1 Å². The first kappa shape index (κ1) is 16.8. The molecule has 0 rings (SSSR count). The third kappa shape index (κ3) is 9.48. The van der Waals surface area contributed by atoms with Gasteiger partial charge in [0, 0.05) is 24.9 Å². The molecule has 102 valence electrons. The number of nitrogens with zero attached hydrogens (tertiary/aromatic N) is 1. The number of carbonyl (C=O) groups is 1. The van der Waals surface area contributed by atoms with Crippen LogP contribution in [0.15, 0.2) is 0 Å². The number of rotatable bonds is 7. The maximum atomic E-state index is 12.1. The van der Waals surface area contributed by atoms with Gasteiger partial charge in [0.05, 0.1) is 12.4 Å². The summed E-state index contributed by atoms with van der Waals surface area (Å²) in [4.78, 5) is 14.0. The third-order valence-corrected chi connectivity index (χ3v) is 3.39. The second-order valence-electron chi connectivity index (χ2n) is 5.63.